The van der Waals surface area contributed by atoms with Gasteiger partial charge in [0.2, 0.25) is 11.9 Å². The number of fused-ring (bicyclic) bond motifs is 1. The summed E-state index contributed by atoms with van der Waals surface area (Å²) in [5.41, 5.74) is 1.17. The molecule has 2 aromatic carbocycles. The number of β-amino-alcohol motifs (C(OH)–C–C–N with tert-alkyl or cyclic N) is 1. The van der Waals surface area contributed by atoms with Crippen molar-refractivity contribution in [2.45, 2.75) is 6.92 Å². The molecule has 1 aliphatic rings. The van der Waals surface area contributed by atoms with Crippen LogP contribution in [0, 0.1) is 6.92 Å². The van der Waals surface area contributed by atoms with Crippen molar-refractivity contribution in [2.24, 2.45) is 0 Å². The van der Waals surface area contributed by atoms with Gasteiger partial charge in [-0.1, -0.05) is 53.8 Å². The second kappa shape index (κ2) is 9.15. The molecule has 1 saturated heterocycles. The van der Waals surface area contributed by atoms with Crippen LogP contribution in [0.1, 0.15) is 5.82 Å². The van der Waals surface area contributed by atoms with E-state index in [-0.39, 0.29) is 6.61 Å². The summed E-state index contributed by atoms with van der Waals surface area (Å²) in [5.74, 6) is 1.85. The van der Waals surface area contributed by atoms with E-state index >= 15 is 0 Å². The standard InChI is InChI=1S/C23H25N7OS/c1-16-25-21(27-22(26-16)30-11-9-29(10-12-30)13-14-31)28-23-24-15-20(32-23)19-8-4-6-17-5-2-3-7-18(17)19/h2-8,15,31H,9-14H2,1H3,(H,24,25,26,27,28). The fraction of sp³-hybridized carbons (Fsp3) is 0.304. The first-order chi connectivity index (χ1) is 15.7. The lowest BCUT2D eigenvalue weighted by molar-refractivity contribution is 0.188. The molecule has 0 atom stereocenters. The molecule has 164 valence electrons. The predicted octanol–water partition coefficient (Wildman–Crippen LogP) is 3.31. The zero-order chi connectivity index (χ0) is 21.9. The first-order valence-corrected chi connectivity index (χ1v) is 11.5. The molecule has 1 fully saturated rings. The first-order valence-electron chi connectivity index (χ1n) is 10.7. The van der Waals surface area contributed by atoms with Crippen molar-refractivity contribution in [1.82, 2.24) is 24.8 Å². The van der Waals surface area contributed by atoms with Gasteiger partial charge in [-0.2, -0.15) is 15.0 Å². The first kappa shape index (κ1) is 20.7. The number of aliphatic hydroxyl groups excluding tert-OH is 1. The fourth-order valence-electron chi connectivity index (χ4n) is 3.97. The Morgan fingerprint density at radius 1 is 1.00 bits per heavy atom. The third kappa shape index (κ3) is 4.40. The van der Waals surface area contributed by atoms with Crippen LogP contribution >= 0.6 is 11.3 Å². The summed E-state index contributed by atoms with van der Waals surface area (Å²) < 4.78 is 0. The van der Waals surface area contributed by atoms with Gasteiger partial charge in [-0.05, 0) is 17.7 Å². The number of anilines is 3. The van der Waals surface area contributed by atoms with Crippen LogP contribution < -0.4 is 10.2 Å². The Bertz CT molecular complexity index is 1210. The van der Waals surface area contributed by atoms with Crippen molar-refractivity contribution < 1.29 is 5.11 Å². The molecule has 2 aromatic heterocycles. The van der Waals surface area contributed by atoms with Crippen LogP contribution in [0.25, 0.3) is 21.2 Å². The number of hydrogen-bond donors (Lipinski definition) is 2. The van der Waals surface area contributed by atoms with Gasteiger partial charge in [0.25, 0.3) is 0 Å². The highest BCUT2D eigenvalue weighted by Gasteiger charge is 2.20. The average Bonchev–Trinajstić information content (AvgIpc) is 3.27. The highest BCUT2D eigenvalue weighted by atomic mass is 32.1. The van der Waals surface area contributed by atoms with Crippen molar-refractivity contribution in [2.75, 3.05) is 49.5 Å². The van der Waals surface area contributed by atoms with Crippen molar-refractivity contribution >= 4 is 39.1 Å². The number of aromatic nitrogens is 4. The largest absolute Gasteiger partial charge is 0.395 e. The topological polar surface area (TPSA) is 90.3 Å². The van der Waals surface area contributed by atoms with Crippen LogP contribution in [-0.2, 0) is 0 Å². The molecule has 2 N–H and O–H groups in total. The highest BCUT2D eigenvalue weighted by Crippen LogP contribution is 2.34. The Labute approximate surface area is 190 Å². The van der Waals surface area contributed by atoms with Crippen LogP contribution in [0.15, 0.2) is 48.7 Å². The predicted molar refractivity (Wildman–Crippen MR) is 129 cm³/mol. The normalized spacial score (nSPS) is 14.8. The maximum absolute atomic E-state index is 9.14. The van der Waals surface area contributed by atoms with E-state index in [0.717, 1.165) is 36.2 Å². The minimum absolute atomic E-state index is 0.188. The monoisotopic (exact) mass is 447 g/mol. The lowest BCUT2D eigenvalue weighted by Crippen LogP contribution is -2.47. The van der Waals surface area contributed by atoms with Crippen molar-refractivity contribution in [3.05, 3.63) is 54.5 Å². The molecule has 8 nitrogen and oxygen atoms in total. The van der Waals surface area contributed by atoms with E-state index in [1.165, 1.54) is 16.3 Å². The molecule has 9 heteroatoms. The Hall–Kier alpha value is -3.14. The van der Waals surface area contributed by atoms with Gasteiger partial charge in [-0.3, -0.25) is 10.2 Å². The Kier molecular flexibility index (Phi) is 5.93. The Morgan fingerprint density at radius 3 is 2.66 bits per heavy atom. The second-order valence-electron chi connectivity index (χ2n) is 7.74. The minimum Gasteiger partial charge on any atom is -0.395 e. The fourth-order valence-corrected chi connectivity index (χ4v) is 4.82. The molecule has 32 heavy (non-hydrogen) atoms. The van der Waals surface area contributed by atoms with E-state index in [1.54, 1.807) is 11.3 Å². The number of hydrogen-bond acceptors (Lipinski definition) is 9. The lowest BCUT2D eigenvalue weighted by atomic mass is 10.0. The highest BCUT2D eigenvalue weighted by molar-refractivity contribution is 7.19. The van der Waals surface area contributed by atoms with Crippen molar-refractivity contribution in [3.63, 3.8) is 0 Å². The summed E-state index contributed by atoms with van der Waals surface area (Å²) in [6, 6.07) is 14.7. The van der Waals surface area contributed by atoms with Crippen LogP contribution in [0.4, 0.5) is 17.0 Å². The van der Waals surface area contributed by atoms with Crippen LogP contribution in [-0.4, -0.2) is 69.3 Å². The summed E-state index contributed by atoms with van der Waals surface area (Å²) >= 11 is 1.58. The number of piperazine rings is 1. The van der Waals surface area contributed by atoms with Crippen LogP contribution in [0.2, 0.25) is 0 Å². The molecule has 4 aromatic rings. The molecule has 3 heterocycles. The van der Waals surface area contributed by atoms with Gasteiger partial charge in [0, 0.05) is 44.5 Å². The van der Waals surface area contributed by atoms with E-state index in [0.29, 0.717) is 24.3 Å². The number of nitrogens with zero attached hydrogens (tertiary/aromatic N) is 6. The second-order valence-corrected chi connectivity index (χ2v) is 8.77. The molecule has 0 unspecified atom stereocenters. The molecular weight excluding hydrogens is 422 g/mol. The molecule has 0 radical (unpaired) electrons. The zero-order valence-electron chi connectivity index (χ0n) is 17.9. The minimum atomic E-state index is 0.188. The molecule has 0 amide bonds. The Balaban J connectivity index is 1.35. The van der Waals surface area contributed by atoms with E-state index in [1.807, 2.05) is 13.1 Å². The van der Waals surface area contributed by atoms with E-state index < -0.39 is 0 Å². The molecular formula is C23H25N7OS. The number of thiazole rings is 1. The summed E-state index contributed by atoms with van der Waals surface area (Å²) in [6.45, 7) is 6.19. The smallest absolute Gasteiger partial charge is 0.234 e. The van der Waals surface area contributed by atoms with Gasteiger partial charge in [-0.15, -0.1) is 0 Å². The van der Waals surface area contributed by atoms with Crippen molar-refractivity contribution in [3.8, 4) is 10.4 Å². The third-order valence-electron chi connectivity index (χ3n) is 5.59. The molecule has 0 saturated carbocycles. The van der Waals surface area contributed by atoms with E-state index in [9.17, 15) is 0 Å². The molecule has 1 aliphatic heterocycles. The number of aryl methyl sites for hydroxylation is 1. The summed E-state index contributed by atoms with van der Waals surface area (Å²) in [7, 11) is 0. The molecule has 0 bridgehead atoms. The van der Waals surface area contributed by atoms with Gasteiger partial charge in [0.1, 0.15) is 5.82 Å². The van der Waals surface area contributed by atoms with Gasteiger partial charge < -0.3 is 10.0 Å². The van der Waals surface area contributed by atoms with E-state index in [4.69, 9.17) is 5.11 Å². The average molecular weight is 448 g/mol. The van der Waals surface area contributed by atoms with Gasteiger partial charge >= 0.3 is 0 Å². The molecule has 5 rings (SSSR count). The quantitative estimate of drug-likeness (QED) is 0.465. The number of aliphatic hydroxyl groups is 1. The summed E-state index contributed by atoms with van der Waals surface area (Å²) in [4.78, 5) is 23.7. The summed E-state index contributed by atoms with van der Waals surface area (Å²) in [5, 5.41) is 15.6. The zero-order valence-corrected chi connectivity index (χ0v) is 18.7. The lowest BCUT2D eigenvalue weighted by Gasteiger charge is -2.34. The van der Waals surface area contributed by atoms with E-state index in [2.05, 4.69) is 77.5 Å². The van der Waals surface area contributed by atoms with Crippen LogP contribution in [0.5, 0.6) is 0 Å². The van der Waals surface area contributed by atoms with Gasteiger partial charge in [0.05, 0.1) is 11.5 Å². The number of benzene rings is 2. The third-order valence-corrected chi connectivity index (χ3v) is 6.53. The van der Waals surface area contributed by atoms with Gasteiger partial charge in [0.15, 0.2) is 5.13 Å². The SMILES string of the molecule is Cc1nc(Nc2ncc(-c3cccc4ccccc34)s2)nc(N2CCN(CCO)CC2)n1. The maximum atomic E-state index is 9.14. The molecule has 0 aliphatic carbocycles. The number of nitrogens with one attached hydrogen (secondary N) is 1. The molecule has 0 spiro atoms. The summed E-state index contributed by atoms with van der Waals surface area (Å²) in [6.07, 6.45) is 1.89. The van der Waals surface area contributed by atoms with Crippen molar-refractivity contribution in [1.29, 1.82) is 0 Å². The van der Waals surface area contributed by atoms with Gasteiger partial charge in [-0.25, -0.2) is 4.98 Å². The maximum Gasteiger partial charge on any atom is 0.234 e. The number of rotatable bonds is 6. The Morgan fingerprint density at radius 2 is 1.81 bits per heavy atom. The van der Waals surface area contributed by atoms with Crippen LogP contribution in [0.3, 0.4) is 0 Å².